The topological polar surface area (TPSA) is 39.1 Å². The standard InChI is InChI=1S/C15H18FN3O.ClH/c1-19-10-11(9-18-19)14-8-12(16)2-3-15(14)20-13-4-6-17-7-5-13;/h2-3,8-10,13,17H,4-7H2,1H3;1H. The number of piperidine rings is 1. The molecule has 0 spiro atoms. The molecule has 0 amide bonds. The number of ether oxygens (including phenoxy) is 1. The Morgan fingerprint density at radius 1 is 1.33 bits per heavy atom. The maximum atomic E-state index is 13.5. The van der Waals surface area contributed by atoms with Gasteiger partial charge in [-0.2, -0.15) is 5.10 Å². The van der Waals surface area contributed by atoms with Crippen LogP contribution in [-0.4, -0.2) is 29.0 Å². The molecular weight excluding hydrogens is 293 g/mol. The fourth-order valence-corrected chi connectivity index (χ4v) is 2.48. The number of aryl methyl sites for hydroxylation is 1. The molecule has 3 rings (SSSR count). The van der Waals surface area contributed by atoms with Gasteiger partial charge in [-0.1, -0.05) is 0 Å². The highest BCUT2D eigenvalue weighted by atomic mass is 35.5. The predicted octanol–water partition coefficient (Wildman–Crippen LogP) is 2.78. The normalized spacial score (nSPS) is 15.5. The van der Waals surface area contributed by atoms with Crippen LogP contribution in [0.2, 0.25) is 0 Å². The molecule has 0 unspecified atom stereocenters. The molecule has 0 atom stereocenters. The second-order valence-electron chi connectivity index (χ2n) is 5.11. The summed E-state index contributed by atoms with van der Waals surface area (Å²) in [7, 11) is 1.84. The molecule has 6 heteroatoms. The molecule has 2 aromatic rings. The highest BCUT2D eigenvalue weighted by molar-refractivity contribution is 5.85. The smallest absolute Gasteiger partial charge is 0.127 e. The Balaban J connectivity index is 0.00000161. The van der Waals surface area contributed by atoms with Crippen LogP contribution in [-0.2, 0) is 7.05 Å². The monoisotopic (exact) mass is 311 g/mol. The van der Waals surface area contributed by atoms with Crippen molar-refractivity contribution in [1.29, 1.82) is 0 Å². The lowest BCUT2D eigenvalue weighted by Gasteiger charge is -2.25. The number of aromatic nitrogens is 2. The average molecular weight is 312 g/mol. The van der Waals surface area contributed by atoms with Gasteiger partial charge in [0.1, 0.15) is 17.7 Å². The third-order valence-electron chi connectivity index (χ3n) is 3.54. The van der Waals surface area contributed by atoms with Gasteiger partial charge in [-0.3, -0.25) is 4.68 Å². The summed E-state index contributed by atoms with van der Waals surface area (Å²) in [6.45, 7) is 1.93. The van der Waals surface area contributed by atoms with E-state index in [0.717, 1.165) is 42.8 Å². The van der Waals surface area contributed by atoms with E-state index in [1.165, 1.54) is 12.1 Å². The molecule has 0 bridgehead atoms. The van der Waals surface area contributed by atoms with Gasteiger partial charge in [0.2, 0.25) is 0 Å². The van der Waals surface area contributed by atoms with Crippen LogP contribution < -0.4 is 10.1 Å². The van der Waals surface area contributed by atoms with Crippen LogP contribution in [0.5, 0.6) is 5.75 Å². The summed E-state index contributed by atoms with van der Waals surface area (Å²) >= 11 is 0. The van der Waals surface area contributed by atoms with Crippen LogP contribution in [0.25, 0.3) is 11.1 Å². The molecule has 2 heterocycles. The predicted molar refractivity (Wildman–Crippen MR) is 82.4 cm³/mol. The van der Waals surface area contributed by atoms with Gasteiger partial charge in [0, 0.05) is 24.4 Å². The zero-order valence-electron chi connectivity index (χ0n) is 11.9. The van der Waals surface area contributed by atoms with Crippen molar-refractivity contribution >= 4 is 12.4 Å². The molecular formula is C15H19ClFN3O. The number of hydrogen-bond acceptors (Lipinski definition) is 3. The number of nitrogens with zero attached hydrogens (tertiary/aromatic N) is 2. The number of rotatable bonds is 3. The van der Waals surface area contributed by atoms with E-state index in [1.807, 2.05) is 13.2 Å². The number of hydrogen-bond donors (Lipinski definition) is 1. The Morgan fingerprint density at radius 2 is 2.10 bits per heavy atom. The zero-order valence-corrected chi connectivity index (χ0v) is 12.7. The van der Waals surface area contributed by atoms with Gasteiger partial charge >= 0.3 is 0 Å². The first kappa shape index (κ1) is 15.8. The van der Waals surface area contributed by atoms with Gasteiger partial charge in [-0.05, 0) is 44.1 Å². The van der Waals surface area contributed by atoms with Crippen molar-refractivity contribution in [3.05, 3.63) is 36.4 Å². The Kier molecular flexibility index (Phi) is 5.20. The van der Waals surface area contributed by atoms with Gasteiger partial charge in [0.15, 0.2) is 0 Å². The zero-order chi connectivity index (χ0) is 13.9. The number of benzene rings is 1. The largest absolute Gasteiger partial charge is 0.490 e. The van der Waals surface area contributed by atoms with E-state index >= 15 is 0 Å². The van der Waals surface area contributed by atoms with Crippen molar-refractivity contribution in [3.8, 4) is 16.9 Å². The van der Waals surface area contributed by atoms with E-state index in [1.54, 1.807) is 16.9 Å². The van der Waals surface area contributed by atoms with Crippen LogP contribution in [0.15, 0.2) is 30.6 Å². The SMILES string of the molecule is Cl.Cn1cc(-c2cc(F)ccc2OC2CCNCC2)cn1. The molecule has 1 aromatic heterocycles. The van der Waals surface area contributed by atoms with Crippen molar-refractivity contribution in [3.63, 3.8) is 0 Å². The molecule has 21 heavy (non-hydrogen) atoms. The first-order valence-electron chi connectivity index (χ1n) is 6.88. The number of halogens is 2. The number of nitrogens with one attached hydrogen (secondary N) is 1. The summed E-state index contributed by atoms with van der Waals surface area (Å²) in [6.07, 6.45) is 5.74. The molecule has 1 fully saturated rings. The van der Waals surface area contributed by atoms with Crippen LogP contribution in [0, 0.1) is 5.82 Å². The Bertz CT molecular complexity index is 596. The lowest BCUT2D eigenvalue weighted by Crippen LogP contribution is -2.34. The summed E-state index contributed by atoms with van der Waals surface area (Å²) in [5, 5.41) is 7.45. The highest BCUT2D eigenvalue weighted by Crippen LogP contribution is 2.32. The van der Waals surface area contributed by atoms with E-state index in [0.29, 0.717) is 0 Å². The van der Waals surface area contributed by atoms with Gasteiger partial charge in [-0.25, -0.2) is 4.39 Å². The van der Waals surface area contributed by atoms with Crippen molar-refractivity contribution in [1.82, 2.24) is 15.1 Å². The van der Waals surface area contributed by atoms with Gasteiger partial charge in [0.25, 0.3) is 0 Å². The van der Waals surface area contributed by atoms with E-state index in [2.05, 4.69) is 10.4 Å². The van der Waals surface area contributed by atoms with Gasteiger partial charge < -0.3 is 10.1 Å². The van der Waals surface area contributed by atoms with Crippen molar-refractivity contribution in [2.75, 3.05) is 13.1 Å². The second kappa shape index (κ2) is 6.91. The fourth-order valence-electron chi connectivity index (χ4n) is 2.48. The molecule has 0 aliphatic carbocycles. The third kappa shape index (κ3) is 3.74. The summed E-state index contributed by atoms with van der Waals surface area (Å²) < 4.78 is 21.3. The summed E-state index contributed by atoms with van der Waals surface area (Å²) in [5.41, 5.74) is 1.63. The molecule has 1 aliphatic heterocycles. The van der Waals surface area contributed by atoms with E-state index < -0.39 is 0 Å². The van der Waals surface area contributed by atoms with Gasteiger partial charge in [-0.15, -0.1) is 12.4 Å². The lowest BCUT2D eigenvalue weighted by molar-refractivity contribution is 0.163. The maximum Gasteiger partial charge on any atom is 0.127 e. The Hall–Kier alpha value is -1.59. The first-order chi connectivity index (χ1) is 9.72. The van der Waals surface area contributed by atoms with Crippen molar-refractivity contribution in [2.45, 2.75) is 18.9 Å². The summed E-state index contributed by atoms with van der Waals surface area (Å²) in [4.78, 5) is 0. The van der Waals surface area contributed by atoms with Crippen LogP contribution in [0.1, 0.15) is 12.8 Å². The molecule has 1 aromatic carbocycles. The average Bonchev–Trinajstić information content (AvgIpc) is 2.88. The minimum absolute atomic E-state index is 0. The minimum Gasteiger partial charge on any atom is -0.490 e. The third-order valence-corrected chi connectivity index (χ3v) is 3.54. The molecule has 114 valence electrons. The second-order valence-corrected chi connectivity index (χ2v) is 5.11. The van der Waals surface area contributed by atoms with Crippen LogP contribution in [0.4, 0.5) is 4.39 Å². The van der Waals surface area contributed by atoms with E-state index in [4.69, 9.17) is 4.74 Å². The maximum absolute atomic E-state index is 13.5. The molecule has 1 aliphatic rings. The minimum atomic E-state index is -0.262. The molecule has 1 saturated heterocycles. The van der Waals surface area contributed by atoms with E-state index in [9.17, 15) is 4.39 Å². The molecule has 1 N–H and O–H groups in total. The van der Waals surface area contributed by atoms with E-state index in [-0.39, 0.29) is 24.3 Å². The quantitative estimate of drug-likeness (QED) is 0.947. The van der Waals surface area contributed by atoms with Crippen molar-refractivity contribution in [2.24, 2.45) is 7.05 Å². The molecule has 0 saturated carbocycles. The summed E-state index contributed by atoms with van der Waals surface area (Å²) in [6, 6.07) is 4.66. The molecule has 4 nitrogen and oxygen atoms in total. The highest BCUT2D eigenvalue weighted by Gasteiger charge is 2.17. The first-order valence-corrected chi connectivity index (χ1v) is 6.88. The summed E-state index contributed by atoms with van der Waals surface area (Å²) in [5.74, 6) is 0.466. The Morgan fingerprint density at radius 3 is 2.76 bits per heavy atom. The van der Waals surface area contributed by atoms with Crippen LogP contribution in [0.3, 0.4) is 0 Å². The lowest BCUT2D eigenvalue weighted by atomic mass is 10.1. The van der Waals surface area contributed by atoms with Crippen LogP contribution >= 0.6 is 12.4 Å². The van der Waals surface area contributed by atoms with Crippen molar-refractivity contribution < 1.29 is 9.13 Å². The van der Waals surface area contributed by atoms with Gasteiger partial charge in [0.05, 0.1) is 6.20 Å². The molecule has 0 radical (unpaired) electrons. The Labute approximate surface area is 129 Å². The fraction of sp³-hybridized carbons (Fsp3) is 0.400.